The van der Waals surface area contributed by atoms with Crippen LogP contribution in [-0.2, 0) is 0 Å². The Balaban J connectivity index is 0.00000182. The van der Waals surface area contributed by atoms with Crippen LogP contribution < -0.4 is 4.90 Å². The number of benzene rings is 2. The van der Waals surface area contributed by atoms with Gasteiger partial charge < -0.3 is 4.90 Å². The highest BCUT2D eigenvalue weighted by atomic mass is 35.5. The number of fused-ring (bicyclic) bond motifs is 1. The van der Waals surface area contributed by atoms with Gasteiger partial charge in [-0.1, -0.05) is 36.4 Å². The zero-order valence-electron chi connectivity index (χ0n) is 14.2. The van der Waals surface area contributed by atoms with Crippen LogP contribution >= 0.6 is 12.4 Å². The summed E-state index contributed by atoms with van der Waals surface area (Å²) in [6.07, 6.45) is 1.98. The van der Waals surface area contributed by atoms with E-state index in [1.807, 2.05) is 12.1 Å². The molecule has 2 aromatic carbocycles. The molecule has 130 valence electrons. The molecule has 4 rings (SSSR count). The van der Waals surface area contributed by atoms with Gasteiger partial charge >= 0.3 is 0 Å². The molecule has 1 fully saturated rings. The van der Waals surface area contributed by atoms with E-state index in [2.05, 4.69) is 69.6 Å². The quantitative estimate of drug-likeness (QED) is 0.667. The largest absolute Gasteiger partial charge is 0.352 e. The number of aromatic nitrogens is 2. The molecule has 25 heavy (non-hydrogen) atoms. The minimum atomic E-state index is 0. The van der Waals surface area contributed by atoms with Crippen LogP contribution in [0.5, 0.6) is 0 Å². The minimum absolute atomic E-state index is 0. The number of para-hydroxylation sites is 2. The molecule has 0 radical (unpaired) electrons. The van der Waals surface area contributed by atoms with Gasteiger partial charge in [0.25, 0.3) is 0 Å². The second kappa shape index (κ2) is 7.72. The lowest BCUT2D eigenvalue weighted by Gasteiger charge is -2.34. The summed E-state index contributed by atoms with van der Waals surface area (Å²) in [5, 5.41) is 6.18. The molecule has 1 aliphatic rings. The highest BCUT2D eigenvalue weighted by Crippen LogP contribution is 2.29. The molecule has 4 nitrogen and oxygen atoms in total. The second-order valence-corrected chi connectivity index (χ2v) is 6.16. The smallest absolute Gasteiger partial charge is 0.159 e. The Labute approximate surface area is 154 Å². The lowest BCUT2D eigenvalue weighted by Crippen LogP contribution is -2.46. The molecular weight excluding hydrogens is 332 g/mol. The molecule has 2 heterocycles. The Morgan fingerprint density at radius 1 is 0.920 bits per heavy atom. The van der Waals surface area contributed by atoms with Crippen molar-refractivity contribution in [2.75, 3.05) is 37.6 Å². The summed E-state index contributed by atoms with van der Waals surface area (Å²) in [5.74, 6) is 1.09. The number of rotatable bonds is 4. The first-order chi connectivity index (χ1) is 11.9. The number of anilines is 1. The molecule has 5 heteroatoms. The molecular formula is C20H23ClN4. The number of nitrogens with zero attached hydrogens (tertiary/aromatic N) is 4. The van der Waals surface area contributed by atoms with E-state index in [-0.39, 0.29) is 12.4 Å². The summed E-state index contributed by atoms with van der Waals surface area (Å²) in [6.45, 7) is 8.92. The highest BCUT2D eigenvalue weighted by Gasteiger charge is 2.21. The topological polar surface area (TPSA) is 24.3 Å². The van der Waals surface area contributed by atoms with Crippen molar-refractivity contribution >= 4 is 29.1 Å². The molecule has 0 bridgehead atoms. The molecule has 1 saturated heterocycles. The van der Waals surface area contributed by atoms with E-state index >= 15 is 0 Å². The second-order valence-electron chi connectivity index (χ2n) is 6.16. The third-order valence-electron chi connectivity index (χ3n) is 4.63. The first-order valence-corrected chi connectivity index (χ1v) is 8.48. The van der Waals surface area contributed by atoms with Crippen molar-refractivity contribution in [2.45, 2.75) is 0 Å². The molecule has 0 spiro atoms. The van der Waals surface area contributed by atoms with E-state index in [1.165, 1.54) is 5.39 Å². The lowest BCUT2D eigenvalue weighted by molar-refractivity contribution is 0.283. The monoisotopic (exact) mass is 354 g/mol. The lowest BCUT2D eigenvalue weighted by atomic mass is 10.2. The summed E-state index contributed by atoms with van der Waals surface area (Å²) in [6, 6.07) is 18.8. The molecule has 0 N–H and O–H groups in total. The van der Waals surface area contributed by atoms with Crippen molar-refractivity contribution < 1.29 is 0 Å². The standard InChI is InChI=1S/C20H22N4.ClH/c1-2-12-22-13-15-23(16-14-22)20-18-10-6-7-11-19(18)24(21-20)17-8-4-3-5-9-17;/h2-11H,1,12-16H2;1H. The number of piperazine rings is 1. The van der Waals surface area contributed by atoms with Crippen LogP contribution in [0.2, 0.25) is 0 Å². The van der Waals surface area contributed by atoms with Gasteiger partial charge in [0.05, 0.1) is 11.2 Å². The van der Waals surface area contributed by atoms with Crippen LogP contribution in [0.25, 0.3) is 16.6 Å². The molecule has 0 atom stereocenters. The zero-order chi connectivity index (χ0) is 16.4. The third-order valence-corrected chi connectivity index (χ3v) is 4.63. The van der Waals surface area contributed by atoms with Gasteiger partial charge in [-0.3, -0.25) is 4.90 Å². The maximum Gasteiger partial charge on any atom is 0.159 e. The molecule has 0 aliphatic carbocycles. The van der Waals surface area contributed by atoms with E-state index in [4.69, 9.17) is 5.10 Å². The fourth-order valence-corrected chi connectivity index (χ4v) is 3.37. The van der Waals surface area contributed by atoms with Gasteiger partial charge in [0.1, 0.15) is 0 Å². The maximum absolute atomic E-state index is 4.96. The summed E-state index contributed by atoms with van der Waals surface area (Å²) < 4.78 is 2.06. The Morgan fingerprint density at radius 2 is 1.60 bits per heavy atom. The number of hydrogen-bond acceptors (Lipinski definition) is 3. The van der Waals surface area contributed by atoms with Gasteiger partial charge in [0.15, 0.2) is 5.82 Å². The molecule has 0 saturated carbocycles. The Morgan fingerprint density at radius 3 is 2.32 bits per heavy atom. The molecule has 3 aromatic rings. The molecule has 1 aromatic heterocycles. The van der Waals surface area contributed by atoms with Crippen LogP contribution in [0.4, 0.5) is 5.82 Å². The van der Waals surface area contributed by atoms with E-state index in [1.54, 1.807) is 0 Å². The van der Waals surface area contributed by atoms with Crippen LogP contribution in [0.3, 0.4) is 0 Å². The Hall–Kier alpha value is -2.30. The zero-order valence-corrected chi connectivity index (χ0v) is 15.0. The first-order valence-electron chi connectivity index (χ1n) is 8.48. The average molecular weight is 355 g/mol. The Bertz CT molecular complexity index is 835. The molecule has 0 amide bonds. The van der Waals surface area contributed by atoms with Crippen molar-refractivity contribution in [3.8, 4) is 5.69 Å². The van der Waals surface area contributed by atoms with Crippen LogP contribution in [0, 0.1) is 0 Å². The molecule has 1 aliphatic heterocycles. The van der Waals surface area contributed by atoms with Crippen molar-refractivity contribution in [3.05, 3.63) is 67.3 Å². The normalized spacial score (nSPS) is 15.1. The van der Waals surface area contributed by atoms with Crippen molar-refractivity contribution in [1.82, 2.24) is 14.7 Å². The number of halogens is 1. The summed E-state index contributed by atoms with van der Waals surface area (Å²) in [5.41, 5.74) is 2.26. The van der Waals surface area contributed by atoms with Gasteiger partial charge in [0, 0.05) is 38.1 Å². The fraction of sp³-hybridized carbons (Fsp3) is 0.250. The van der Waals surface area contributed by atoms with Gasteiger partial charge in [-0.15, -0.1) is 24.1 Å². The highest BCUT2D eigenvalue weighted by molar-refractivity contribution is 5.91. The van der Waals surface area contributed by atoms with E-state index < -0.39 is 0 Å². The Kier molecular flexibility index (Phi) is 5.41. The summed E-state index contributed by atoms with van der Waals surface area (Å²) >= 11 is 0. The molecule has 0 unspecified atom stereocenters. The van der Waals surface area contributed by atoms with Crippen LogP contribution in [-0.4, -0.2) is 47.4 Å². The predicted octanol–water partition coefficient (Wildman–Crippen LogP) is 3.76. The van der Waals surface area contributed by atoms with Gasteiger partial charge in [-0.2, -0.15) is 0 Å². The van der Waals surface area contributed by atoms with Crippen molar-refractivity contribution in [3.63, 3.8) is 0 Å². The minimum Gasteiger partial charge on any atom is -0.352 e. The van der Waals surface area contributed by atoms with Crippen molar-refractivity contribution in [2.24, 2.45) is 0 Å². The fourth-order valence-electron chi connectivity index (χ4n) is 3.37. The van der Waals surface area contributed by atoms with E-state index in [0.717, 1.165) is 49.7 Å². The first kappa shape index (κ1) is 17.5. The van der Waals surface area contributed by atoms with E-state index in [9.17, 15) is 0 Å². The van der Waals surface area contributed by atoms with Gasteiger partial charge in [0.2, 0.25) is 0 Å². The van der Waals surface area contributed by atoms with Crippen LogP contribution in [0.15, 0.2) is 67.3 Å². The van der Waals surface area contributed by atoms with Crippen molar-refractivity contribution in [1.29, 1.82) is 0 Å². The summed E-state index contributed by atoms with van der Waals surface area (Å²) in [4.78, 5) is 4.83. The number of hydrogen-bond donors (Lipinski definition) is 0. The third kappa shape index (κ3) is 3.41. The average Bonchev–Trinajstić information content (AvgIpc) is 3.03. The predicted molar refractivity (Wildman–Crippen MR) is 107 cm³/mol. The summed E-state index contributed by atoms with van der Waals surface area (Å²) in [7, 11) is 0. The van der Waals surface area contributed by atoms with Crippen LogP contribution in [0.1, 0.15) is 0 Å². The van der Waals surface area contributed by atoms with Gasteiger partial charge in [-0.05, 0) is 24.3 Å². The van der Waals surface area contributed by atoms with E-state index in [0.29, 0.717) is 0 Å². The maximum atomic E-state index is 4.96. The van der Waals surface area contributed by atoms with Gasteiger partial charge in [-0.25, -0.2) is 4.68 Å². The SMILES string of the molecule is C=CCN1CCN(c2nn(-c3ccccc3)c3ccccc23)CC1.Cl.